The summed E-state index contributed by atoms with van der Waals surface area (Å²) in [7, 11) is 0. The highest BCUT2D eigenvalue weighted by Crippen LogP contribution is 2.36. The fourth-order valence-corrected chi connectivity index (χ4v) is 5.72. The van der Waals surface area contributed by atoms with Crippen LogP contribution in [0.25, 0.3) is 33.5 Å². The van der Waals surface area contributed by atoms with Gasteiger partial charge in [0.1, 0.15) is 5.69 Å². The van der Waals surface area contributed by atoms with Crippen LogP contribution >= 0.6 is 11.8 Å². The highest BCUT2D eigenvalue weighted by Gasteiger charge is 2.20. The summed E-state index contributed by atoms with van der Waals surface area (Å²) in [6, 6.07) is 9.01. The third kappa shape index (κ3) is 4.28. The zero-order valence-electron chi connectivity index (χ0n) is 19.4. The van der Waals surface area contributed by atoms with Gasteiger partial charge >= 0.3 is 6.61 Å². The maximum atomic E-state index is 13.3. The monoisotopic (exact) mass is 507 g/mol. The minimum Gasteiger partial charge on any atom is -0.433 e. The van der Waals surface area contributed by atoms with Gasteiger partial charge in [0.25, 0.3) is 0 Å². The number of fused-ring (bicyclic) bond motifs is 2. The van der Waals surface area contributed by atoms with Crippen LogP contribution in [-0.4, -0.2) is 54.3 Å². The second-order valence-corrected chi connectivity index (χ2v) is 9.98. The van der Waals surface area contributed by atoms with Crippen LogP contribution in [0.4, 0.5) is 8.78 Å². The number of piperidine rings is 1. The van der Waals surface area contributed by atoms with Crippen molar-refractivity contribution in [3.05, 3.63) is 60.8 Å². The summed E-state index contributed by atoms with van der Waals surface area (Å²) in [6.45, 7) is 0.887. The van der Waals surface area contributed by atoms with Gasteiger partial charge in [-0.05, 0) is 63.2 Å². The average Bonchev–Trinajstić information content (AvgIpc) is 3.46. The van der Waals surface area contributed by atoms with Gasteiger partial charge in [-0.3, -0.25) is 4.98 Å². The Morgan fingerprint density at radius 2 is 2.00 bits per heavy atom. The number of rotatable bonds is 6. The van der Waals surface area contributed by atoms with Gasteiger partial charge in [-0.25, -0.2) is 14.2 Å². The molecule has 5 aromatic rings. The number of benzene rings is 1. The quantitative estimate of drug-likeness (QED) is 0.351. The lowest BCUT2D eigenvalue weighted by Crippen LogP contribution is -2.29. The first-order valence-electron chi connectivity index (χ1n) is 11.7. The Morgan fingerprint density at radius 1 is 1.14 bits per heavy atom. The number of nitrogens with zero attached hydrogens (tertiary/aromatic N) is 6. The van der Waals surface area contributed by atoms with Crippen molar-refractivity contribution in [1.29, 1.82) is 0 Å². The van der Waals surface area contributed by atoms with E-state index in [4.69, 9.17) is 9.84 Å². The van der Waals surface area contributed by atoms with E-state index in [2.05, 4.69) is 20.4 Å². The minimum absolute atomic E-state index is 0.0695. The molecule has 0 aliphatic carbocycles. The Morgan fingerprint density at radius 3 is 2.83 bits per heavy atom. The van der Waals surface area contributed by atoms with Crippen molar-refractivity contribution in [2.75, 3.05) is 13.1 Å². The van der Waals surface area contributed by atoms with Crippen LogP contribution in [0, 0.1) is 6.92 Å². The molecule has 1 aliphatic rings. The van der Waals surface area contributed by atoms with E-state index in [1.165, 1.54) is 0 Å². The first-order chi connectivity index (χ1) is 17.6. The fraction of sp³-hybridized carbons (Fsp3) is 0.280. The van der Waals surface area contributed by atoms with E-state index < -0.39 is 6.61 Å². The molecule has 1 saturated heterocycles. The van der Waals surface area contributed by atoms with Crippen molar-refractivity contribution in [2.24, 2.45) is 0 Å². The summed E-state index contributed by atoms with van der Waals surface area (Å²) in [6.07, 6.45) is 9.09. The van der Waals surface area contributed by atoms with Crippen LogP contribution < -0.4 is 10.1 Å². The predicted molar refractivity (Wildman–Crippen MR) is 134 cm³/mol. The predicted octanol–water partition coefficient (Wildman–Crippen LogP) is 4.88. The average molecular weight is 508 g/mol. The first-order valence-corrected chi connectivity index (χ1v) is 12.6. The summed E-state index contributed by atoms with van der Waals surface area (Å²) < 4.78 is 34.9. The minimum atomic E-state index is -2.95. The Bertz CT molecular complexity index is 1540. The molecule has 5 heterocycles. The largest absolute Gasteiger partial charge is 0.433 e. The van der Waals surface area contributed by atoms with E-state index in [0.717, 1.165) is 53.0 Å². The summed E-state index contributed by atoms with van der Waals surface area (Å²) in [4.78, 5) is 10.0. The van der Waals surface area contributed by atoms with Gasteiger partial charge in [-0.1, -0.05) is 0 Å². The molecule has 0 saturated carbocycles. The summed E-state index contributed by atoms with van der Waals surface area (Å²) in [5.74, 6) is 0.0695. The number of aryl methyl sites for hydroxylation is 1. The van der Waals surface area contributed by atoms with Crippen LogP contribution in [0.2, 0.25) is 0 Å². The maximum Gasteiger partial charge on any atom is 0.387 e. The highest BCUT2D eigenvalue weighted by molar-refractivity contribution is 8.00. The molecular formula is C25H23F2N7OS. The molecule has 1 fully saturated rings. The van der Waals surface area contributed by atoms with Crippen LogP contribution in [0.1, 0.15) is 18.5 Å². The normalized spacial score (nSPS) is 14.8. The number of alkyl halides is 2. The molecule has 1 N–H and O–H groups in total. The van der Waals surface area contributed by atoms with Gasteiger partial charge in [0.05, 0.1) is 28.7 Å². The molecule has 4 aromatic heterocycles. The highest BCUT2D eigenvalue weighted by atomic mass is 32.2. The molecule has 1 aromatic carbocycles. The Hall–Kier alpha value is -3.57. The number of halogens is 2. The number of thioether (sulfide) groups is 1. The summed E-state index contributed by atoms with van der Waals surface area (Å²) in [5.41, 5.74) is 4.03. The summed E-state index contributed by atoms with van der Waals surface area (Å²) >= 11 is 1.76. The van der Waals surface area contributed by atoms with Crippen molar-refractivity contribution < 1.29 is 13.5 Å². The number of hydrogen-bond donors (Lipinski definition) is 1. The molecular weight excluding hydrogens is 484 g/mol. The number of ether oxygens (including phenoxy) is 1. The van der Waals surface area contributed by atoms with Gasteiger partial charge in [0.15, 0.2) is 11.4 Å². The van der Waals surface area contributed by atoms with Gasteiger partial charge in [-0.2, -0.15) is 19.0 Å². The lowest BCUT2D eigenvalue weighted by Gasteiger charge is -2.22. The van der Waals surface area contributed by atoms with Crippen molar-refractivity contribution in [3.63, 3.8) is 0 Å². The molecule has 0 unspecified atom stereocenters. The lowest BCUT2D eigenvalue weighted by atomic mass is 10.1. The number of nitrogens with one attached hydrogen (secondary N) is 1. The fourth-order valence-electron chi connectivity index (χ4n) is 4.53. The Kier molecular flexibility index (Phi) is 6.02. The second kappa shape index (κ2) is 9.47. The van der Waals surface area contributed by atoms with Crippen LogP contribution in [0.5, 0.6) is 5.75 Å². The molecule has 0 spiro atoms. The maximum absolute atomic E-state index is 13.3. The Balaban J connectivity index is 1.47. The smallest absolute Gasteiger partial charge is 0.387 e. The third-order valence-corrected chi connectivity index (χ3v) is 7.60. The van der Waals surface area contributed by atoms with E-state index >= 15 is 0 Å². The standard InChI is InChI=1S/C25H23F2N7OS/c1-15-18-13-30-20(19-14-31-33-10-2-7-29-24(19)33)12-21(18)34(32-15)22-11-17(3-4-23(22)35-25(26)27)36-16-5-8-28-9-6-16/h2-4,7,10-14,16,25,28H,5-6,8-9H2,1H3. The number of aromatic nitrogens is 6. The van der Waals surface area contributed by atoms with E-state index in [0.29, 0.717) is 22.3 Å². The van der Waals surface area contributed by atoms with E-state index in [-0.39, 0.29) is 5.75 Å². The van der Waals surface area contributed by atoms with Crippen molar-refractivity contribution in [2.45, 2.75) is 36.5 Å². The zero-order chi connectivity index (χ0) is 24.6. The van der Waals surface area contributed by atoms with Gasteiger partial charge in [0, 0.05) is 34.1 Å². The molecule has 1 aliphatic heterocycles. The first kappa shape index (κ1) is 22.9. The lowest BCUT2D eigenvalue weighted by molar-refractivity contribution is -0.0499. The second-order valence-electron chi connectivity index (χ2n) is 8.61. The van der Waals surface area contributed by atoms with Gasteiger partial charge < -0.3 is 10.1 Å². The third-order valence-electron chi connectivity index (χ3n) is 6.27. The number of hydrogen-bond acceptors (Lipinski definition) is 7. The molecule has 36 heavy (non-hydrogen) atoms. The van der Waals surface area contributed by atoms with Crippen molar-refractivity contribution >= 4 is 28.3 Å². The van der Waals surface area contributed by atoms with Crippen molar-refractivity contribution in [1.82, 2.24) is 34.7 Å². The number of pyridine rings is 1. The zero-order valence-corrected chi connectivity index (χ0v) is 20.3. The molecule has 0 amide bonds. The van der Waals surface area contributed by atoms with E-state index in [1.807, 2.05) is 31.3 Å². The molecule has 0 atom stereocenters. The van der Waals surface area contributed by atoms with Gasteiger partial charge in [-0.15, -0.1) is 11.8 Å². The molecule has 0 radical (unpaired) electrons. The summed E-state index contributed by atoms with van der Waals surface area (Å²) in [5, 5.41) is 13.7. The van der Waals surface area contributed by atoms with Gasteiger partial charge in [0.2, 0.25) is 0 Å². The molecule has 11 heteroatoms. The van der Waals surface area contributed by atoms with Crippen LogP contribution in [-0.2, 0) is 0 Å². The molecule has 8 nitrogen and oxygen atoms in total. The molecule has 0 bridgehead atoms. The van der Waals surface area contributed by atoms with E-state index in [9.17, 15) is 8.78 Å². The van der Waals surface area contributed by atoms with Crippen LogP contribution in [0.3, 0.4) is 0 Å². The SMILES string of the molecule is Cc1nn(-c2cc(SC3CCNCC3)ccc2OC(F)F)c2cc(-c3cnn4cccnc34)ncc12. The van der Waals surface area contributed by atoms with E-state index in [1.54, 1.807) is 51.7 Å². The topological polar surface area (TPSA) is 82.2 Å². The molecule has 184 valence electrons. The van der Waals surface area contributed by atoms with Crippen molar-refractivity contribution in [3.8, 4) is 22.7 Å². The Labute approximate surface area is 209 Å². The molecule has 6 rings (SSSR count). The van der Waals surface area contributed by atoms with Crippen LogP contribution in [0.15, 0.2) is 60.0 Å².